The Morgan fingerprint density at radius 2 is 2.20 bits per heavy atom. The van der Waals surface area contributed by atoms with Crippen LogP contribution in [0.2, 0.25) is 0 Å². The molecule has 0 atom stereocenters. The molecule has 0 aromatic carbocycles. The summed E-state index contributed by atoms with van der Waals surface area (Å²) in [5.41, 5.74) is 1.28. The highest BCUT2D eigenvalue weighted by atomic mass is 16.4. The Kier molecular flexibility index (Phi) is 3.51. The van der Waals surface area contributed by atoms with Crippen LogP contribution in [0.4, 0.5) is 0 Å². The number of carboxylic acids is 1. The van der Waals surface area contributed by atoms with Crippen molar-refractivity contribution < 1.29 is 9.90 Å². The van der Waals surface area contributed by atoms with Crippen molar-refractivity contribution in [3.8, 4) is 6.07 Å². The summed E-state index contributed by atoms with van der Waals surface area (Å²) in [6, 6.07) is 7.86. The lowest BCUT2D eigenvalue weighted by Crippen LogP contribution is -2.47. The van der Waals surface area contributed by atoms with Gasteiger partial charge in [0.1, 0.15) is 11.6 Å². The molecule has 1 N–H and O–H groups in total. The first-order valence-electron chi connectivity index (χ1n) is 6.31. The Bertz CT molecular complexity index is 695. The zero-order valence-electron chi connectivity index (χ0n) is 11.8. The van der Waals surface area contributed by atoms with Gasteiger partial charge in [-0.1, -0.05) is 6.07 Å². The Labute approximate surface area is 117 Å². The quantitative estimate of drug-likeness (QED) is 0.924. The zero-order chi connectivity index (χ0) is 14.9. The molecule has 2 aromatic rings. The average Bonchev–Trinajstić information content (AvgIpc) is 2.75. The zero-order valence-corrected chi connectivity index (χ0v) is 11.8. The first kappa shape index (κ1) is 14.1. The maximum atomic E-state index is 11.3. The molecule has 0 unspecified atom stereocenters. The fourth-order valence-corrected chi connectivity index (χ4v) is 2.04. The Morgan fingerprint density at radius 1 is 1.50 bits per heavy atom. The number of pyridine rings is 1. The summed E-state index contributed by atoms with van der Waals surface area (Å²) in [7, 11) is 1.75. The van der Waals surface area contributed by atoms with Crippen molar-refractivity contribution in [3.63, 3.8) is 0 Å². The second-order valence-electron chi connectivity index (χ2n) is 5.35. The van der Waals surface area contributed by atoms with Crippen LogP contribution < -0.4 is 0 Å². The molecular formula is C15H17N3O2. The molecule has 0 aliphatic rings. The van der Waals surface area contributed by atoms with Gasteiger partial charge >= 0.3 is 5.97 Å². The van der Waals surface area contributed by atoms with Gasteiger partial charge in [0.15, 0.2) is 0 Å². The molecule has 20 heavy (non-hydrogen) atoms. The van der Waals surface area contributed by atoms with Gasteiger partial charge in [0, 0.05) is 24.5 Å². The lowest BCUT2D eigenvalue weighted by atomic mass is 10.0. The SMILES string of the molecule is CN(Cc1cn2ccccc2c1C#N)C(C)(C)C(=O)O. The molecule has 5 heteroatoms. The highest BCUT2D eigenvalue weighted by molar-refractivity contribution is 5.77. The van der Waals surface area contributed by atoms with E-state index in [9.17, 15) is 15.2 Å². The van der Waals surface area contributed by atoms with Crippen molar-refractivity contribution >= 4 is 11.5 Å². The summed E-state index contributed by atoms with van der Waals surface area (Å²) >= 11 is 0. The van der Waals surface area contributed by atoms with Crippen molar-refractivity contribution in [1.29, 1.82) is 5.26 Å². The van der Waals surface area contributed by atoms with E-state index in [1.54, 1.807) is 25.8 Å². The Morgan fingerprint density at radius 3 is 2.80 bits per heavy atom. The second-order valence-corrected chi connectivity index (χ2v) is 5.35. The van der Waals surface area contributed by atoms with E-state index in [2.05, 4.69) is 6.07 Å². The molecule has 5 nitrogen and oxygen atoms in total. The molecule has 0 saturated carbocycles. The number of fused-ring (bicyclic) bond motifs is 1. The van der Waals surface area contributed by atoms with E-state index in [1.807, 2.05) is 35.0 Å². The maximum Gasteiger partial charge on any atom is 0.323 e. The number of carbonyl (C=O) groups is 1. The van der Waals surface area contributed by atoms with Gasteiger partial charge in [0.25, 0.3) is 0 Å². The number of hydrogen-bond donors (Lipinski definition) is 1. The van der Waals surface area contributed by atoms with Crippen LogP contribution in [0.15, 0.2) is 30.6 Å². The predicted molar refractivity (Wildman–Crippen MR) is 75.3 cm³/mol. The molecular weight excluding hydrogens is 254 g/mol. The highest BCUT2D eigenvalue weighted by Gasteiger charge is 2.32. The number of nitriles is 1. The third kappa shape index (κ3) is 2.26. The van der Waals surface area contributed by atoms with Gasteiger partial charge in [-0.25, -0.2) is 0 Å². The molecule has 0 amide bonds. The number of aromatic nitrogens is 1. The van der Waals surface area contributed by atoms with E-state index in [-0.39, 0.29) is 0 Å². The largest absolute Gasteiger partial charge is 0.480 e. The number of aliphatic carboxylic acids is 1. The van der Waals surface area contributed by atoms with E-state index < -0.39 is 11.5 Å². The van der Waals surface area contributed by atoms with Crippen LogP contribution in [0.1, 0.15) is 25.0 Å². The average molecular weight is 271 g/mol. The summed E-state index contributed by atoms with van der Waals surface area (Å²) in [5.74, 6) is -0.887. The normalized spacial score (nSPS) is 11.8. The van der Waals surface area contributed by atoms with Crippen LogP contribution in [-0.2, 0) is 11.3 Å². The molecule has 0 aliphatic carbocycles. The van der Waals surface area contributed by atoms with Gasteiger partial charge in [-0.2, -0.15) is 5.26 Å². The summed E-state index contributed by atoms with van der Waals surface area (Å²) in [4.78, 5) is 13.0. The number of likely N-dealkylation sites (N-methyl/N-ethyl adjacent to an activating group) is 1. The van der Waals surface area contributed by atoms with Gasteiger partial charge in [0.05, 0.1) is 11.1 Å². The topological polar surface area (TPSA) is 68.7 Å². The number of carboxylic acid groups (broad SMARTS) is 1. The number of hydrogen-bond acceptors (Lipinski definition) is 3. The Balaban J connectivity index is 2.40. The third-order valence-electron chi connectivity index (χ3n) is 3.76. The minimum Gasteiger partial charge on any atom is -0.480 e. The fourth-order valence-electron chi connectivity index (χ4n) is 2.04. The van der Waals surface area contributed by atoms with Gasteiger partial charge < -0.3 is 9.51 Å². The second kappa shape index (κ2) is 4.99. The van der Waals surface area contributed by atoms with Gasteiger partial charge in [0.2, 0.25) is 0 Å². The molecule has 0 spiro atoms. The van der Waals surface area contributed by atoms with Crippen molar-refractivity contribution in [1.82, 2.24) is 9.30 Å². The third-order valence-corrected chi connectivity index (χ3v) is 3.76. The molecule has 0 saturated heterocycles. The van der Waals surface area contributed by atoms with Crippen LogP contribution in [0.25, 0.3) is 5.52 Å². The molecule has 2 aromatic heterocycles. The lowest BCUT2D eigenvalue weighted by Gasteiger charge is -2.31. The molecule has 0 aliphatic heterocycles. The van der Waals surface area contributed by atoms with Crippen LogP contribution in [-0.4, -0.2) is 33.0 Å². The fraction of sp³-hybridized carbons (Fsp3) is 0.333. The minimum absolute atomic E-state index is 0.407. The van der Waals surface area contributed by atoms with Gasteiger partial charge in [-0.3, -0.25) is 9.69 Å². The predicted octanol–water partition coefficient (Wildman–Crippen LogP) is 2.11. The first-order valence-corrected chi connectivity index (χ1v) is 6.31. The molecule has 2 heterocycles. The van der Waals surface area contributed by atoms with Crippen LogP contribution >= 0.6 is 0 Å². The monoisotopic (exact) mass is 271 g/mol. The molecule has 0 fully saturated rings. The number of nitrogens with zero attached hydrogens (tertiary/aromatic N) is 3. The van der Waals surface area contributed by atoms with Crippen molar-refractivity contribution in [3.05, 3.63) is 41.7 Å². The van der Waals surface area contributed by atoms with Gasteiger partial charge in [-0.15, -0.1) is 0 Å². The molecule has 0 radical (unpaired) electrons. The molecule has 2 rings (SSSR count). The molecule has 0 bridgehead atoms. The number of rotatable bonds is 4. The van der Waals surface area contributed by atoms with Crippen molar-refractivity contribution in [2.24, 2.45) is 0 Å². The van der Waals surface area contributed by atoms with Crippen LogP contribution in [0, 0.1) is 11.3 Å². The summed E-state index contributed by atoms with van der Waals surface area (Å²) in [5, 5.41) is 18.6. The highest BCUT2D eigenvalue weighted by Crippen LogP contribution is 2.22. The molecule has 104 valence electrons. The summed E-state index contributed by atoms with van der Waals surface area (Å²) < 4.78 is 1.88. The summed E-state index contributed by atoms with van der Waals surface area (Å²) in [6.45, 7) is 3.71. The van der Waals surface area contributed by atoms with E-state index in [0.717, 1.165) is 11.1 Å². The smallest absolute Gasteiger partial charge is 0.323 e. The van der Waals surface area contributed by atoms with E-state index in [1.165, 1.54) is 0 Å². The van der Waals surface area contributed by atoms with E-state index in [4.69, 9.17) is 0 Å². The van der Waals surface area contributed by atoms with E-state index in [0.29, 0.717) is 12.1 Å². The van der Waals surface area contributed by atoms with Crippen LogP contribution in [0.5, 0.6) is 0 Å². The minimum atomic E-state index is -0.985. The van der Waals surface area contributed by atoms with Crippen molar-refractivity contribution in [2.75, 3.05) is 7.05 Å². The maximum absolute atomic E-state index is 11.3. The van der Waals surface area contributed by atoms with Crippen LogP contribution in [0.3, 0.4) is 0 Å². The standard InChI is InChI=1S/C15H17N3O2/c1-15(2,14(19)20)17(3)9-11-10-18-7-5-4-6-13(18)12(11)8-16/h4-7,10H,9H2,1-3H3,(H,19,20). The summed E-state index contributed by atoms with van der Waals surface area (Å²) in [6.07, 6.45) is 3.75. The Hall–Kier alpha value is -2.32. The first-order chi connectivity index (χ1) is 9.37. The van der Waals surface area contributed by atoms with Gasteiger partial charge in [-0.05, 0) is 33.0 Å². The van der Waals surface area contributed by atoms with Crippen molar-refractivity contribution in [2.45, 2.75) is 25.9 Å². The van der Waals surface area contributed by atoms with E-state index >= 15 is 0 Å². The lowest BCUT2D eigenvalue weighted by molar-refractivity contribution is -0.148.